The zero-order valence-corrected chi connectivity index (χ0v) is 17.0. The lowest BCUT2D eigenvalue weighted by atomic mass is 9.94. The molecule has 29 heavy (non-hydrogen) atoms. The van der Waals surface area contributed by atoms with Crippen molar-refractivity contribution < 1.29 is 9.59 Å². The van der Waals surface area contributed by atoms with E-state index in [1.807, 2.05) is 49.2 Å². The van der Waals surface area contributed by atoms with Crippen LogP contribution < -0.4 is 10.2 Å². The number of carbonyl (C=O) groups is 2. The van der Waals surface area contributed by atoms with Gasteiger partial charge < -0.3 is 15.1 Å². The summed E-state index contributed by atoms with van der Waals surface area (Å²) in [7, 11) is 1.88. The molecule has 1 saturated heterocycles. The fraction of sp³-hybridized carbons (Fsp3) is 0.455. The minimum Gasteiger partial charge on any atom is -0.356 e. The molecule has 2 aliphatic heterocycles. The summed E-state index contributed by atoms with van der Waals surface area (Å²) in [6.45, 7) is 4.60. The molecule has 0 spiro atoms. The first-order valence-electron chi connectivity index (χ1n) is 10.2. The van der Waals surface area contributed by atoms with Crippen LogP contribution in [0.3, 0.4) is 0 Å². The largest absolute Gasteiger partial charge is 0.356 e. The summed E-state index contributed by atoms with van der Waals surface area (Å²) in [4.78, 5) is 38.1. The number of nitrogens with zero attached hydrogens (tertiary/aromatic N) is 4. The third-order valence-electron chi connectivity index (χ3n) is 5.76. The summed E-state index contributed by atoms with van der Waals surface area (Å²) < 4.78 is 0. The van der Waals surface area contributed by atoms with Crippen LogP contribution in [0.25, 0.3) is 0 Å². The topological polar surface area (TPSA) is 78.4 Å². The Bertz CT molecular complexity index is 907. The summed E-state index contributed by atoms with van der Waals surface area (Å²) in [5, 5.41) is 2.85. The minimum atomic E-state index is -0.120. The normalized spacial score (nSPS) is 16.9. The molecule has 7 heteroatoms. The first-order chi connectivity index (χ1) is 14.0. The van der Waals surface area contributed by atoms with Crippen molar-refractivity contribution in [1.29, 1.82) is 0 Å². The van der Waals surface area contributed by atoms with Gasteiger partial charge in [0.25, 0.3) is 5.91 Å². The Hall–Kier alpha value is -2.96. The average molecular weight is 393 g/mol. The van der Waals surface area contributed by atoms with Crippen molar-refractivity contribution in [3.63, 3.8) is 0 Å². The molecule has 1 aromatic heterocycles. The van der Waals surface area contributed by atoms with E-state index in [9.17, 15) is 9.59 Å². The van der Waals surface area contributed by atoms with E-state index in [-0.39, 0.29) is 17.7 Å². The highest BCUT2D eigenvalue weighted by molar-refractivity contribution is 5.96. The van der Waals surface area contributed by atoms with Crippen LogP contribution in [-0.4, -0.2) is 53.4 Å². The lowest BCUT2D eigenvalue weighted by molar-refractivity contribution is -0.135. The standard InChI is InChI=1S/C22H27N5O2/c1-15-24-19-18(8-11-23-21(19)28)20(25-15)27-12-9-17(10-13-27)22(29)26(2)14-16-6-4-3-5-7-16/h3-7,17H,8-14H2,1-2H3,(H,23,28). The predicted molar refractivity (Wildman–Crippen MR) is 111 cm³/mol. The summed E-state index contributed by atoms with van der Waals surface area (Å²) in [5.74, 6) is 1.59. The maximum Gasteiger partial charge on any atom is 0.270 e. The van der Waals surface area contributed by atoms with Gasteiger partial charge in [-0.1, -0.05) is 30.3 Å². The number of amides is 2. The second kappa shape index (κ2) is 8.19. The molecule has 0 unspecified atom stereocenters. The number of nitrogens with one attached hydrogen (secondary N) is 1. The van der Waals surface area contributed by atoms with Crippen LogP contribution in [0.5, 0.6) is 0 Å². The number of anilines is 1. The van der Waals surface area contributed by atoms with Crippen LogP contribution in [0.2, 0.25) is 0 Å². The predicted octanol–water partition coefficient (Wildman–Crippen LogP) is 1.95. The SMILES string of the molecule is Cc1nc2c(c(N3CCC(C(=O)N(C)Cc4ccccc4)CC3)n1)CCNC2=O. The van der Waals surface area contributed by atoms with Crippen molar-refractivity contribution >= 4 is 17.6 Å². The van der Waals surface area contributed by atoms with Crippen LogP contribution >= 0.6 is 0 Å². The Labute approximate surface area is 171 Å². The van der Waals surface area contributed by atoms with Gasteiger partial charge in [-0.3, -0.25) is 9.59 Å². The van der Waals surface area contributed by atoms with Crippen LogP contribution in [0.4, 0.5) is 5.82 Å². The van der Waals surface area contributed by atoms with Gasteiger partial charge in [-0.25, -0.2) is 9.97 Å². The van der Waals surface area contributed by atoms with Crippen molar-refractivity contribution in [3.05, 3.63) is 53.0 Å². The Morgan fingerprint density at radius 1 is 1.21 bits per heavy atom. The van der Waals surface area contributed by atoms with E-state index in [4.69, 9.17) is 0 Å². The van der Waals surface area contributed by atoms with Crippen molar-refractivity contribution in [1.82, 2.24) is 20.2 Å². The van der Waals surface area contributed by atoms with Gasteiger partial charge in [-0.2, -0.15) is 0 Å². The molecule has 1 aromatic carbocycles. The van der Waals surface area contributed by atoms with Crippen LogP contribution in [0.1, 0.15) is 40.3 Å². The van der Waals surface area contributed by atoms with Gasteiger partial charge in [-0.15, -0.1) is 0 Å². The lowest BCUT2D eigenvalue weighted by Crippen LogP contribution is -2.42. The van der Waals surface area contributed by atoms with Gasteiger partial charge >= 0.3 is 0 Å². The molecule has 2 amide bonds. The van der Waals surface area contributed by atoms with Crippen molar-refractivity contribution in [2.24, 2.45) is 5.92 Å². The van der Waals surface area contributed by atoms with E-state index in [1.165, 1.54) is 0 Å². The highest BCUT2D eigenvalue weighted by atomic mass is 16.2. The third kappa shape index (κ3) is 4.09. The summed E-state index contributed by atoms with van der Waals surface area (Å²) in [5.41, 5.74) is 2.58. The number of hydrogen-bond acceptors (Lipinski definition) is 5. The Morgan fingerprint density at radius 2 is 1.93 bits per heavy atom. The monoisotopic (exact) mass is 393 g/mol. The summed E-state index contributed by atoms with van der Waals surface area (Å²) in [6, 6.07) is 10.1. The molecule has 0 bridgehead atoms. The fourth-order valence-electron chi connectivity index (χ4n) is 4.23. The number of aryl methyl sites for hydroxylation is 1. The third-order valence-corrected chi connectivity index (χ3v) is 5.76. The van der Waals surface area contributed by atoms with E-state index in [0.717, 1.165) is 49.3 Å². The lowest BCUT2D eigenvalue weighted by Gasteiger charge is -2.35. The zero-order chi connectivity index (χ0) is 20.4. The Kier molecular flexibility index (Phi) is 5.47. The number of aromatic nitrogens is 2. The maximum atomic E-state index is 12.9. The highest BCUT2D eigenvalue weighted by Gasteiger charge is 2.31. The van der Waals surface area contributed by atoms with Gasteiger partial charge in [0, 0.05) is 44.7 Å². The number of rotatable bonds is 4. The minimum absolute atomic E-state index is 0.0296. The van der Waals surface area contributed by atoms with E-state index >= 15 is 0 Å². The molecule has 0 atom stereocenters. The van der Waals surface area contributed by atoms with Crippen LogP contribution in [0.15, 0.2) is 30.3 Å². The molecule has 0 saturated carbocycles. The Balaban J connectivity index is 1.42. The molecule has 0 radical (unpaired) electrons. The zero-order valence-electron chi connectivity index (χ0n) is 17.0. The molecule has 152 valence electrons. The number of fused-ring (bicyclic) bond motifs is 1. The summed E-state index contributed by atoms with van der Waals surface area (Å²) >= 11 is 0. The number of piperidine rings is 1. The maximum absolute atomic E-state index is 12.9. The molecule has 2 aliphatic rings. The van der Waals surface area contributed by atoms with E-state index in [0.29, 0.717) is 24.6 Å². The smallest absolute Gasteiger partial charge is 0.270 e. The molecule has 1 N–H and O–H groups in total. The molecule has 0 aliphatic carbocycles. The van der Waals surface area contributed by atoms with Crippen molar-refractivity contribution in [2.75, 3.05) is 31.6 Å². The van der Waals surface area contributed by atoms with Crippen LogP contribution in [0, 0.1) is 12.8 Å². The quantitative estimate of drug-likeness (QED) is 0.859. The van der Waals surface area contributed by atoms with Crippen LogP contribution in [-0.2, 0) is 17.8 Å². The highest BCUT2D eigenvalue weighted by Crippen LogP contribution is 2.29. The molecule has 3 heterocycles. The first-order valence-corrected chi connectivity index (χ1v) is 10.2. The average Bonchev–Trinajstić information content (AvgIpc) is 2.74. The first kappa shape index (κ1) is 19.4. The summed E-state index contributed by atoms with van der Waals surface area (Å²) in [6.07, 6.45) is 2.33. The Morgan fingerprint density at radius 3 is 2.66 bits per heavy atom. The molecule has 4 rings (SSSR count). The molecular weight excluding hydrogens is 366 g/mol. The molecule has 7 nitrogen and oxygen atoms in total. The second-order valence-corrected chi connectivity index (χ2v) is 7.87. The van der Waals surface area contributed by atoms with E-state index in [2.05, 4.69) is 20.2 Å². The number of carbonyl (C=O) groups excluding carboxylic acids is 2. The number of hydrogen-bond donors (Lipinski definition) is 1. The molecule has 1 fully saturated rings. The second-order valence-electron chi connectivity index (χ2n) is 7.87. The van der Waals surface area contributed by atoms with Crippen molar-refractivity contribution in [3.8, 4) is 0 Å². The van der Waals surface area contributed by atoms with E-state index < -0.39 is 0 Å². The van der Waals surface area contributed by atoms with Gasteiger partial charge in [0.1, 0.15) is 17.3 Å². The molecule has 2 aromatic rings. The van der Waals surface area contributed by atoms with E-state index in [1.54, 1.807) is 0 Å². The molecular formula is C22H27N5O2. The van der Waals surface area contributed by atoms with Gasteiger partial charge in [0.2, 0.25) is 5.91 Å². The van der Waals surface area contributed by atoms with Gasteiger partial charge in [0.05, 0.1) is 0 Å². The van der Waals surface area contributed by atoms with Crippen molar-refractivity contribution in [2.45, 2.75) is 32.7 Å². The van der Waals surface area contributed by atoms with Gasteiger partial charge in [0.15, 0.2) is 0 Å². The van der Waals surface area contributed by atoms with Gasteiger partial charge in [-0.05, 0) is 31.7 Å². The fourth-order valence-corrected chi connectivity index (χ4v) is 4.23. The number of benzene rings is 1.